The van der Waals surface area contributed by atoms with E-state index >= 15 is 0 Å². The summed E-state index contributed by atoms with van der Waals surface area (Å²) in [4.78, 5) is 2.13. The molecule has 0 aliphatic carbocycles. The van der Waals surface area contributed by atoms with Crippen LogP contribution in [0.5, 0.6) is 5.75 Å². The summed E-state index contributed by atoms with van der Waals surface area (Å²) in [5.41, 5.74) is 8.70. The summed E-state index contributed by atoms with van der Waals surface area (Å²) in [5, 5.41) is 4.07. The molecule has 104 valence electrons. The standard InChI is InChI=1S/C13H20N4OS/c1-17(2)8-5-9-18-12-7-4-3-6-11(12)10-15-16-13(14)19/h3-4,6-7,10H,5,8-9H2,1-2H3,(H3,14,16,19). The maximum atomic E-state index is 5.74. The van der Waals surface area contributed by atoms with Gasteiger partial charge in [-0.05, 0) is 44.9 Å². The zero-order valence-corrected chi connectivity index (χ0v) is 12.1. The van der Waals surface area contributed by atoms with Crippen molar-refractivity contribution in [1.29, 1.82) is 0 Å². The summed E-state index contributed by atoms with van der Waals surface area (Å²) < 4.78 is 5.74. The fourth-order valence-corrected chi connectivity index (χ4v) is 1.50. The Kier molecular flexibility index (Phi) is 6.84. The number of nitrogens with zero attached hydrogens (tertiary/aromatic N) is 2. The van der Waals surface area contributed by atoms with Gasteiger partial charge in [0.15, 0.2) is 5.11 Å². The first-order valence-corrected chi connectivity index (χ1v) is 6.45. The third-order valence-corrected chi connectivity index (χ3v) is 2.40. The number of hydrazone groups is 1. The Labute approximate surface area is 119 Å². The highest BCUT2D eigenvalue weighted by molar-refractivity contribution is 7.80. The van der Waals surface area contributed by atoms with Gasteiger partial charge in [0, 0.05) is 12.1 Å². The predicted molar refractivity (Wildman–Crippen MR) is 82.6 cm³/mol. The van der Waals surface area contributed by atoms with Crippen molar-refractivity contribution in [2.45, 2.75) is 6.42 Å². The Morgan fingerprint density at radius 2 is 2.21 bits per heavy atom. The minimum atomic E-state index is 0.139. The molecule has 6 heteroatoms. The van der Waals surface area contributed by atoms with E-state index in [9.17, 15) is 0 Å². The van der Waals surface area contributed by atoms with Crippen LogP contribution in [-0.4, -0.2) is 43.5 Å². The van der Waals surface area contributed by atoms with E-state index in [0.29, 0.717) is 6.61 Å². The van der Waals surface area contributed by atoms with Gasteiger partial charge in [0.05, 0.1) is 12.8 Å². The van der Waals surface area contributed by atoms with Crippen LogP contribution in [-0.2, 0) is 0 Å². The average molecular weight is 280 g/mol. The molecule has 0 spiro atoms. The molecule has 0 heterocycles. The lowest BCUT2D eigenvalue weighted by molar-refractivity contribution is 0.281. The van der Waals surface area contributed by atoms with Gasteiger partial charge in [-0.3, -0.25) is 5.43 Å². The number of hydrogen-bond donors (Lipinski definition) is 2. The van der Waals surface area contributed by atoms with Crippen molar-refractivity contribution >= 4 is 23.5 Å². The van der Waals surface area contributed by atoms with E-state index in [-0.39, 0.29) is 5.11 Å². The fraction of sp³-hybridized carbons (Fsp3) is 0.385. The summed E-state index contributed by atoms with van der Waals surface area (Å²) in [7, 11) is 4.09. The molecule has 0 aliphatic heterocycles. The molecule has 1 aromatic carbocycles. The summed E-state index contributed by atoms with van der Waals surface area (Å²) in [6, 6.07) is 7.69. The van der Waals surface area contributed by atoms with Crippen LogP contribution in [0.25, 0.3) is 0 Å². The van der Waals surface area contributed by atoms with Gasteiger partial charge in [-0.1, -0.05) is 12.1 Å². The predicted octanol–water partition coefficient (Wildman–Crippen LogP) is 1.18. The third kappa shape index (κ3) is 6.73. The summed E-state index contributed by atoms with van der Waals surface area (Å²) in [6.07, 6.45) is 2.62. The molecule has 0 radical (unpaired) electrons. The van der Waals surface area contributed by atoms with Gasteiger partial charge in [-0.15, -0.1) is 0 Å². The number of benzene rings is 1. The third-order valence-electron chi connectivity index (χ3n) is 2.30. The monoisotopic (exact) mass is 280 g/mol. The molecule has 19 heavy (non-hydrogen) atoms. The van der Waals surface area contributed by atoms with Crippen LogP contribution in [0, 0.1) is 0 Å². The van der Waals surface area contributed by atoms with E-state index in [1.165, 1.54) is 0 Å². The number of rotatable bonds is 7. The first kappa shape index (κ1) is 15.4. The van der Waals surface area contributed by atoms with E-state index in [0.717, 1.165) is 24.3 Å². The van der Waals surface area contributed by atoms with Gasteiger partial charge in [0.2, 0.25) is 0 Å². The largest absolute Gasteiger partial charge is 0.493 e. The molecule has 0 atom stereocenters. The molecule has 0 amide bonds. The Hall–Kier alpha value is -1.66. The maximum Gasteiger partial charge on any atom is 0.184 e. The highest BCUT2D eigenvalue weighted by Crippen LogP contribution is 2.15. The SMILES string of the molecule is CN(C)CCCOc1ccccc1C=NNC(N)=S. The van der Waals surface area contributed by atoms with Crippen LogP contribution < -0.4 is 15.9 Å². The molecule has 5 nitrogen and oxygen atoms in total. The molecule has 0 unspecified atom stereocenters. The Balaban J connectivity index is 2.53. The molecule has 0 fully saturated rings. The Morgan fingerprint density at radius 3 is 2.89 bits per heavy atom. The van der Waals surface area contributed by atoms with Crippen LogP contribution in [0.4, 0.5) is 0 Å². The van der Waals surface area contributed by atoms with Crippen molar-refractivity contribution in [3.8, 4) is 5.75 Å². The number of ether oxygens (including phenoxy) is 1. The van der Waals surface area contributed by atoms with E-state index in [4.69, 9.17) is 10.5 Å². The van der Waals surface area contributed by atoms with Crippen molar-refractivity contribution in [3.05, 3.63) is 29.8 Å². The van der Waals surface area contributed by atoms with Crippen LogP contribution in [0.15, 0.2) is 29.4 Å². The van der Waals surface area contributed by atoms with Crippen LogP contribution in [0.1, 0.15) is 12.0 Å². The normalized spacial score (nSPS) is 10.9. The smallest absolute Gasteiger partial charge is 0.184 e. The van der Waals surface area contributed by atoms with Gasteiger partial charge in [0.1, 0.15) is 5.75 Å². The van der Waals surface area contributed by atoms with Gasteiger partial charge in [-0.25, -0.2) is 0 Å². The number of nitrogens with one attached hydrogen (secondary N) is 1. The maximum absolute atomic E-state index is 5.74. The van der Waals surface area contributed by atoms with E-state index in [1.54, 1.807) is 6.21 Å². The van der Waals surface area contributed by atoms with Crippen molar-refractivity contribution in [3.63, 3.8) is 0 Å². The highest BCUT2D eigenvalue weighted by Gasteiger charge is 2.00. The minimum Gasteiger partial charge on any atom is -0.493 e. The second-order valence-electron chi connectivity index (χ2n) is 4.28. The van der Waals surface area contributed by atoms with Crippen molar-refractivity contribution in [1.82, 2.24) is 10.3 Å². The molecule has 0 aliphatic rings. The quantitative estimate of drug-likeness (QED) is 0.340. The van der Waals surface area contributed by atoms with Crippen LogP contribution in [0.3, 0.4) is 0 Å². The highest BCUT2D eigenvalue weighted by atomic mass is 32.1. The van der Waals surface area contributed by atoms with Gasteiger partial charge in [0.25, 0.3) is 0 Å². The summed E-state index contributed by atoms with van der Waals surface area (Å²) >= 11 is 4.67. The molecular formula is C13H20N4OS. The van der Waals surface area contributed by atoms with E-state index in [2.05, 4.69) is 27.6 Å². The lowest BCUT2D eigenvalue weighted by atomic mass is 10.2. The van der Waals surface area contributed by atoms with Crippen molar-refractivity contribution in [2.75, 3.05) is 27.2 Å². The summed E-state index contributed by atoms with van der Waals surface area (Å²) in [6.45, 7) is 1.67. The lowest BCUT2D eigenvalue weighted by Crippen LogP contribution is -2.24. The molecule has 1 aromatic rings. The average Bonchev–Trinajstić information content (AvgIpc) is 2.35. The zero-order valence-electron chi connectivity index (χ0n) is 11.3. The lowest BCUT2D eigenvalue weighted by Gasteiger charge is -2.11. The summed E-state index contributed by atoms with van der Waals surface area (Å²) in [5.74, 6) is 0.801. The number of thiocarbonyl (C=S) groups is 1. The molecule has 0 saturated heterocycles. The van der Waals surface area contributed by atoms with Crippen molar-refractivity contribution < 1.29 is 4.74 Å². The first-order valence-electron chi connectivity index (χ1n) is 6.04. The molecule has 0 aromatic heterocycles. The molecule has 0 bridgehead atoms. The molecule has 1 rings (SSSR count). The minimum absolute atomic E-state index is 0.139. The number of hydrogen-bond acceptors (Lipinski definition) is 4. The Morgan fingerprint density at radius 1 is 1.47 bits per heavy atom. The first-order chi connectivity index (χ1) is 9.09. The Bertz CT molecular complexity index is 434. The van der Waals surface area contributed by atoms with Crippen LogP contribution in [0.2, 0.25) is 0 Å². The van der Waals surface area contributed by atoms with Crippen molar-refractivity contribution in [2.24, 2.45) is 10.8 Å². The van der Waals surface area contributed by atoms with Gasteiger partial charge in [-0.2, -0.15) is 5.10 Å². The second-order valence-corrected chi connectivity index (χ2v) is 4.72. The number of nitrogens with two attached hydrogens (primary N) is 1. The topological polar surface area (TPSA) is 62.9 Å². The van der Waals surface area contributed by atoms with Crippen LogP contribution >= 0.6 is 12.2 Å². The zero-order chi connectivity index (χ0) is 14.1. The molecule has 0 saturated carbocycles. The van der Waals surface area contributed by atoms with E-state index < -0.39 is 0 Å². The number of para-hydroxylation sites is 1. The van der Waals surface area contributed by atoms with Gasteiger partial charge >= 0.3 is 0 Å². The van der Waals surface area contributed by atoms with E-state index in [1.807, 2.05) is 38.4 Å². The molecular weight excluding hydrogens is 260 g/mol. The fourth-order valence-electron chi connectivity index (χ4n) is 1.45. The molecule has 3 N–H and O–H groups in total. The van der Waals surface area contributed by atoms with Gasteiger partial charge < -0.3 is 15.4 Å². The second kappa shape index (κ2) is 8.44.